The number of carbonyl (C=O) groups excluding carboxylic acids is 1. The lowest BCUT2D eigenvalue weighted by atomic mass is 10.2. The summed E-state index contributed by atoms with van der Waals surface area (Å²) in [5.74, 6) is 0.427. The molecule has 8 heteroatoms. The Labute approximate surface area is 153 Å². The summed E-state index contributed by atoms with van der Waals surface area (Å²) in [4.78, 5) is 16.3. The molecule has 0 spiro atoms. The van der Waals surface area contributed by atoms with Gasteiger partial charge in [0.15, 0.2) is 6.61 Å². The molecule has 1 heterocycles. The van der Waals surface area contributed by atoms with Crippen LogP contribution in [-0.4, -0.2) is 28.6 Å². The van der Waals surface area contributed by atoms with Crippen LogP contribution >= 0.6 is 0 Å². The van der Waals surface area contributed by atoms with Gasteiger partial charge in [0.1, 0.15) is 11.6 Å². The van der Waals surface area contributed by atoms with Gasteiger partial charge in [0.2, 0.25) is 0 Å². The molecule has 0 unspecified atom stereocenters. The molecule has 5 nitrogen and oxygen atoms in total. The maximum atomic E-state index is 12.7. The summed E-state index contributed by atoms with van der Waals surface area (Å²) in [6.45, 7) is 2.41. The molecule has 1 amide bonds. The number of fused-ring (bicyclic) bond motifs is 1. The topological polar surface area (TPSA) is 56.2 Å². The predicted octanol–water partition coefficient (Wildman–Crippen LogP) is 3.56. The van der Waals surface area contributed by atoms with E-state index in [1.807, 2.05) is 35.8 Å². The number of aromatic nitrogens is 2. The first-order valence-corrected chi connectivity index (χ1v) is 8.33. The van der Waals surface area contributed by atoms with Crippen molar-refractivity contribution in [3.63, 3.8) is 0 Å². The molecule has 0 aliphatic carbocycles. The Morgan fingerprint density at radius 3 is 2.74 bits per heavy atom. The molecular formula is C19H18F3N3O2. The summed E-state index contributed by atoms with van der Waals surface area (Å²) in [5, 5.41) is 2.69. The van der Waals surface area contributed by atoms with Crippen LogP contribution in [0.15, 0.2) is 48.5 Å². The zero-order valence-electron chi connectivity index (χ0n) is 14.6. The molecule has 0 radical (unpaired) electrons. The van der Waals surface area contributed by atoms with Crippen LogP contribution in [0.3, 0.4) is 0 Å². The van der Waals surface area contributed by atoms with Crippen LogP contribution in [0.1, 0.15) is 11.4 Å². The summed E-state index contributed by atoms with van der Waals surface area (Å²) in [6, 6.07) is 12.1. The van der Waals surface area contributed by atoms with E-state index in [1.165, 1.54) is 12.1 Å². The van der Waals surface area contributed by atoms with Crippen LogP contribution in [0, 0.1) is 6.92 Å². The minimum atomic E-state index is -4.45. The number of hydrogen-bond acceptors (Lipinski definition) is 3. The molecule has 0 saturated carbocycles. The number of aryl methyl sites for hydroxylation is 1. The van der Waals surface area contributed by atoms with Crippen molar-refractivity contribution in [3.05, 3.63) is 59.9 Å². The lowest BCUT2D eigenvalue weighted by molar-refractivity contribution is -0.137. The minimum Gasteiger partial charge on any atom is -0.484 e. The van der Waals surface area contributed by atoms with Crippen molar-refractivity contribution in [2.45, 2.75) is 19.6 Å². The Balaban J connectivity index is 1.51. The largest absolute Gasteiger partial charge is 0.484 e. The third-order valence-corrected chi connectivity index (χ3v) is 4.03. The van der Waals surface area contributed by atoms with E-state index in [0.717, 1.165) is 29.0 Å². The number of benzene rings is 2. The van der Waals surface area contributed by atoms with Crippen molar-refractivity contribution >= 4 is 16.9 Å². The highest BCUT2D eigenvalue weighted by atomic mass is 19.4. The highest BCUT2D eigenvalue weighted by molar-refractivity contribution is 5.78. The molecule has 0 aliphatic heterocycles. The van der Waals surface area contributed by atoms with Crippen molar-refractivity contribution in [2.75, 3.05) is 13.2 Å². The van der Waals surface area contributed by atoms with Crippen molar-refractivity contribution in [1.29, 1.82) is 0 Å². The van der Waals surface area contributed by atoms with Gasteiger partial charge in [-0.05, 0) is 37.3 Å². The van der Waals surface area contributed by atoms with Crippen LogP contribution < -0.4 is 10.1 Å². The van der Waals surface area contributed by atoms with Gasteiger partial charge in [-0.15, -0.1) is 0 Å². The molecule has 0 fully saturated rings. The second-order valence-electron chi connectivity index (χ2n) is 5.96. The van der Waals surface area contributed by atoms with Crippen LogP contribution in [0.4, 0.5) is 13.2 Å². The molecule has 1 N–H and O–H groups in total. The van der Waals surface area contributed by atoms with Crippen molar-refractivity contribution in [2.24, 2.45) is 0 Å². The van der Waals surface area contributed by atoms with E-state index in [9.17, 15) is 18.0 Å². The maximum absolute atomic E-state index is 12.7. The van der Waals surface area contributed by atoms with Crippen molar-refractivity contribution in [1.82, 2.24) is 14.9 Å². The minimum absolute atomic E-state index is 0.00331. The number of amides is 1. The Hall–Kier alpha value is -3.03. The van der Waals surface area contributed by atoms with Crippen LogP contribution in [0.2, 0.25) is 0 Å². The maximum Gasteiger partial charge on any atom is 0.416 e. The first-order valence-electron chi connectivity index (χ1n) is 8.33. The first kappa shape index (κ1) is 18.8. The number of imidazole rings is 1. The fourth-order valence-corrected chi connectivity index (χ4v) is 2.75. The predicted molar refractivity (Wildman–Crippen MR) is 94.4 cm³/mol. The number of alkyl halides is 3. The third kappa shape index (κ3) is 4.58. The second-order valence-corrected chi connectivity index (χ2v) is 5.96. The summed E-state index contributed by atoms with van der Waals surface area (Å²) in [5.41, 5.74) is 1.04. The quantitative estimate of drug-likeness (QED) is 0.715. The molecule has 3 rings (SSSR count). The van der Waals surface area contributed by atoms with E-state index in [4.69, 9.17) is 4.74 Å². The molecular weight excluding hydrogens is 359 g/mol. The average molecular weight is 377 g/mol. The Morgan fingerprint density at radius 1 is 1.19 bits per heavy atom. The second kappa shape index (κ2) is 7.69. The molecule has 1 aromatic heterocycles. The molecule has 0 aliphatic rings. The third-order valence-electron chi connectivity index (χ3n) is 4.03. The summed E-state index contributed by atoms with van der Waals surface area (Å²) < 4.78 is 45.2. The number of nitrogens with zero attached hydrogens (tertiary/aromatic N) is 2. The van der Waals surface area contributed by atoms with Crippen molar-refractivity contribution < 1.29 is 22.7 Å². The van der Waals surface area contributed by atoms with E-state index in [1.54, 1.807) is 0 Å². The SMILES string of the molecule is Cc1nc2ccccc2n1CCNC(=O)COc1cccc(C(F)(F)F)c1. The smallest absolute Gasteiger partial charge is 0.416 e. The standard InChI is InChI=1S/C19H18F3N3O2/c1-13-24-16-7-2-3-8-17(16)25(13)10-9-23-18(26)12-27-15-6-4-5-14(11-15)19(20,21)22/h2-8,11H,9-10,12H2,1H3,(H,23,26). The Bertz CT molecular complexity index is 951. The number of ether oxygens (including phenoxy) is 1. The number of nitrogens with one attached hydrogen (secondary N) is 1. The van der Waals surface area contributed by atoms with E-state index < -0.39 is 17.6 Å². The zero-order valence-corrected chi connectivity index (χ0v) is 14.6. The molecule has 0 saturated heterocycles. The fourth-order valence-electron chi connectivity index (χ4n) is 2.75. The van der Waals surface area contributed by atoms with Gasteiger partial charge in [0.05, 0.1) is 16.6 Å². The number of halogens is 3. The van der Waals surface area contributed by atoms with Crippen LogP contribution in [-0.2, 0) is 17.5 Å². The molecule has 0 bridgehead atoms. The van der Waals surface area contributed by atoms with E-state index in [2.05, 4.69) is 10.3 Å². The van der Waals surface area contributed by atoms with Gasteiger partial charge in [-0.3, -0.25) is 4.79 Å². The normalized spacial score (nSPS) is 11.6. The highest BCUT2D eigenvalue weighted by Crippen LogP contribution is 2.31. The van der Waals surface area contributed by atoms with Gasteiger partial charge in [0, 0.05) is 13.1 Å². The summed E-state index contributed by atoms with van der Waals surface area (Å²) in [6.07, 6.45) is -4.45. The van der Waals surface area contributed by atoms with E-state index in [0.29, 0.717) is 13.1 Å². The average Bonchev–Trinajstić information content (AvgIpc) is 2.95. The lowest BCUT2D eigenvalue weighted by Gasteiger charge is -2.11. The summed E-state index contributed by atoms with van der Waals surface area (Å²) >= 11 is 0. The Kier molecular flexibility index (Phi) is 5.34. The number of carbonyl (C=O) groups is 1. The Morgan fingerprint density at radius 2 is 1.96 bits per heavy atom. The van der Waals surface area contributed by atoms with Gasteiger partial charge < -0.3 is 14.6 Å². The van der Waals surface area contributed by atoms with Gasteiger partial charge in [-0.25, -0.2) is 4.98 Å². The van der Waals surface area contributed by atoms with Crippen molar-refractivity contribution in [3.8, 4) is 5.75 Å². The van der Waals surface area contributed by atoms with E-state index in [-0.39, 0.29) is 12.4 Å². The fraction of sp³-hybridized carbons (Fsp3) is 0.263. The van der Waals surface area contributed by atoms with Gasteiger partial charge >= 0.3 is 6.18 Å². The van der Waals surface area contributed by atoms with Gasteiger partial charge in [-0.1, -0.05) is 18.2 Å². The molecule has 0 atom stereocenters. The van der Waals surface area contributed by atoms with Gasteiger partial charge in [0.25, 0.3) is 5.91 Å². The summed E-state index contributed by atoms with van der Waals surface area (Å²) in [7, 11) is 0. The van der Waals surface area contributed by atoms with E-state index >= 15 is 0 Å². The van der Waals surface area contributed by atoms with Crippen LogP contribution in [0.25, 0.3) is 11.0 Å². The monoisotopic (exact) mass is 377 g/mol. The number of hydrogen-bond donors (Lipinski definition) is 1. The lowest BCUT2D eigenvalue weighted by Crippen LogP contribution is -2.31. The van der Waals surface area contributed by atoms with Gasteiger partial charge in [-0.2, -0.15) is 13.2 Å². The highest BCUT2D eigenvalue weighted by Gasteiger charge is 2.30. The first-order chi connectivity index (χ1) is 12.8. The number of para-hydroxylation sites is 2. The molecule has 3 aromatic rings. The molecule has 142 valence electrons. The zero-order chi connectivity index (χ0) is 19.4. The number of rotatable bonds is 6. The van der Waals surface area contributed by atoms with Crippen LogP contribution in [0.5, 0.6) is 5.75 Å². The molecule has 2 aromatic carbocycles. The molecule has 27 heavy (non-hydrogen) atoms.